The van der Waals surface area contributed by atoms with Gasteiger partial charge in [0.25, 0.3) is 5.69 Å². The van der Waals surface area contributed by atoms with Gasteiger partial charge in [0, 0.05) is 16.7 Å². The number of para-hydroxylation sites is 1. The van der Waals surface area contributed by atoms with Crippen LogP contribution in [-0.2, 0) is 6.61 Å². The van der Waals surface area contributed by atoms with Crippen molar-refractivity contribution < 1.29 is 9.66 Å². The molecular weight excluding hydrogens is 282 g/mol. The van der Waals surface area contributed by atoms with E-state index in [1.54, 1.807) is 36.4 Å². The van der Waals surface area contributed by atoms with E-state index >= 15 is 0 Å². The van der Waals surface area contributed by atoms with Gasteiger partial charge in [-0.1, -0.05) is 23.7 Å². The topological polar surface area (TPSA) is 90.4 Å². The molecule has 0 saturated heterocycles. The zero-order chi connectivity index (χ0) is 14.5. The first-order valence-electron chi connectivity index (χ1n) is 5.73. The van der Waals surface area contributed by atoms with E-state index in [9.17, 15) is 10.1 Å². The summed E-state index contributed by atoms with van der Waals surface area (Å²) < 4.78 is 5.55. The van der Waals surface area contributed by atoms with Crippen molar-refractivity contribution in [3.8, 4) is 5.75 Å². The molecule has 3 N–H and O–H groups in total. The second-order valence-electron chi connectivity index (χ2n) is 3.96. The molecule has 2 aromatic rings. The fourth-order valence-corrected chi connectivity index (χ4v) is 1.84. The van der Waals surface area contributed by atoms with Crippen molar-refractivity contribution in [1.29, 1.82) is 0 Å². The number of anilines is 1. The first kappa shape index (κ1) is 14.1. The van der Waals surface area contributed by atoms with E-state index in [1.807, 2.05) is 0 Å². The van der Waals surface area contributed by atoms with Crippen molar-refractivity contribution in [1.82, 2.24) is 0 Å². The summed E-state index contributed by atoms with van der Waals surface area (Å²) in [4.78, 5) is 10.4. The van der Waals surface area contributed by atoms with E-state index < -0.39 is 4.92 Å². The van der Waals surface area contributed by atoms with E-state index in [4.69, 9.17) is 22.2 Å². The molecule has 0 fully saturated rings. The Kier molecular flexibility index (Phi) is 4.39. The van der Waals surface area contributed by atoms with Crippen LogP contribution in [0.25, 0.3) is 0 Å². The zero-order valence-electron chi connectivity index (χ0n) is 10.4. The Bertz CT molecular complexity index is 617. The molecule has 0 spiro atoms. The molecule has 0 radical (unpaired) electrons. The van der Waals surface area contributed by atoms with Gasteiger partial charge in [-0.15, -0.1) is 0 Å². The summed E-state index contributed by atoms with van der Waals surface area (Å²) in [5.74, 6) is 5.97. The number of hydrogen-bond acceptors (Lipinski definition) is 5. The number of nitro benzene ring substituents is 1. The summed E-state index contributed by atoms with van der Waals surface area (Å²) >= 11 is 5.78. The van der Waals surface area contributed by atoms with Crippen LogP contribution in [0.2, 0.25) is 5.02 Å². The molecule has 0 heterocycles. The lowest BCUT2D eigenvalue weighted by Crippen LogP contribution is -2.12. The first-order valence-corrected chi connectivity index (χ1v) is 6.11. The number of nitro groups is 1. The Hall–Kier alpha value is -2.31. The summed E-state index contributed by atoms with van der Waals surface area (Å²) in [5.41, 5.74) is 3.09. The third-order valence-electron chi connectivity index (χ3n) is 2.68. The average molecular weight is 294 g/mol. The summed E-state index contributed by atoms with van der Waals surface area (Å²) in [5, 5.41) is 11.5. The molecule has 2 aromatic carbocycles. The van der Waals surface area contributed by atoms with Crippen LogP contribution < -0.4 is 16.0 Å². The van der Waals surface area contributed by atoms with Crippen LogP contribution in [-0.4, -0.2) is 4.92 Å². The highest BCUT2D eigenvalue weighted by Crippen LogP contribution is 2.28. The lowest BCUT2D eigenvalue weighted by atomic mass is 10.1. The lowest BCUT2D eigenvalue weighted by molar-refractivity contribution is -0.384. The maximum atomic E-state index is 10.9. The van der Waals surface area contributed by atoms with Crippen LogP contribution in [0, 0.1) is 10.1 Å². The van der Waals surface area contributed by atoms with Crippen LogP contribution in [0.3, 0.4) is 0 Å². The van der Waals surface area contributed by atoms with Crippen LogP contribution in [0.4, 0.5) is 11.4 Å². The van der Waals surface area contributed by atoms with Crippen molar-refractivity contribution in [2.45, 2.75) is 6.61 Å². The molecule has 0 aromatic heterocycles. The number of benzene rings is 2. The van der Waals surface area contributed by atoms with E-state index in [-0.39, 0.29) is 18.0 Å². The van der Waals surface area contributed by atoms with E-state index in [0.29, 0.717) is 16.3 Å². The SMILES string of the molecule is NNc1c(COc2ccc(Cl)cc2)cccc1[N+](=O)[O-]. The normalized spacial score (nSPS) is 10.1. The van der Waals surface area contributed by atoms with E-state index in [2.05, 4.69) is 5.43 Å². The molecule has 0 atom stereocenters. The van der Waals surface area contributed by atoms with Crippen molar-refractivity contribution in [3.05, 3.63) is 63.2 Å². The minimum atomic E-state index is -0.499. The number of nitrogens with two attached hydrogens (primary N) is 1. The first-order chi connectivity index (χ1) is 9.61. The predicted octanol–water partition coefficient (Wildman–Crippen LogP) is 3.11. The summed E-state index contributed by atoms with van der Waals surface area (Å²) in [6.07, 6.45) is 0. The van der Waals surface area contributed by atoms with E-state index in [1.165, 1.54) is 6.07 Å². The maximum Gasteiger partial charge on any atom is 0.294 e. The maximum absolute atomic E-state index is 10.9. The fraction of sp³-hybridized carbons (Fsp3) is 0.0769. The van der Waals surface area contributed by atoms with Crippen LogP contribution in [0.5, 0.6) is 5.75 Å². The zero-order valence-corrected chi connectivity index (χ0v) is 11.1. The Morgan fingerprint density at radius 3 is 2.55 bits per heavy atom. The number of halogens is 1. The molecule has 2 rings (SSSR count). The van der Waals surface area contributed by atoms with Gasteiger partial charge in [0.15, 0.2) is 0 Å². The van der Waals surface area contributed by atoms with Gasteiger partial charge >= 0.3 is 0 Å². The van der Waals surface area contributed by atoms with Crippen LogP contribution >= 0.6 is 11.6 Å². The van der Waals surface area contributed by atoms with Crippen molar-refractivity contribution >= 4 is 23.0 Å². The number of nitrogens with one attached hydrogen (secondary N) is 1. The highest BCUT2D eigenvalue weighted by Gasteiger charge is 2.16. The molecule has 0 aliphatic rings. The molecule has 0 saturated carbocycles. The number of rotatable bonds is 5. The molecule has 20 heavy (non-hydrogen) atoms. The molecular formula is C13H12ClN3O3. The van der Waals surface area contributed by atoms with Crippen molar-refractivity contribution in [2.75, 3.05) is 5.43 Å². The fourth-order valence-electron chi connectivity index (χ4n) is 1.72. The highest BCUT2D eigenvalue weighted by atomic mass is 35.5. The van der Waals surface area contributed by atoms with Gasteiger partial charge < -0.3 is 10.2 Å². The predicted molar refractivity (Wildman–Crippen MR) is 76.7 cm³/mol. The van der Waals surface area contributed by atoms with Crippen molar-refractivity contribution in [2.24, 2.45) is 5.84 Å². The second-order valence-corrected chi connectivity index (χ2v) is 4.39. The van der Waals surface area contributed by atoms with Gasteiger partial charge in [-0.05, 0) is 24.3 Å². The molecule has 0 amide bonds. The second kappa shape index (κ2) is 6.23. The monoisotopic (exact) mass is 293 g/mol. The van der Waals surface area contributed by atoms with Gasteiger partial charge in [-0.3, -0.25) is 16.0 Å². The minimum absolute atomic E-state index is 0.0929. The number of ether oxygens (including phenoxy) is 1. The highest BCUT2D eigenvalue weighted by molar-refractivity contribution is 6.30. The standard InChI is InChI=1S/C13H12ClN3O3/c14-10-4-6-11(7-5-10)20-8-9-2-1-3-12(17(18)19)13(9)16-15/h1-7,16H,8,15H2. The third kappa shape index (κ3) is 3.17. The smallest absolute Gasteiger partial charge is 0.294 e. The average Bonchev–Trinajstić information content (AvgIpc) is 2.46. The summed E-state index contributed by atoms with van der Waals surface area (Å²) in [7, 11) is 0. The quantitative estimate of drug-likeness (QED) is 0.502. The largest absolute Gasteiger partial charge is 0.489 e. The summed E-state index contributed by atoms with van der Waals surface area (Å²) in [6, 6.07) is 11.5. The molecule has 0 unspecified atom stereocenters. The van der Waals surface area contributed by atoms with Gasteiger partial charge in [0.2, 0.25) is 0 Å². The Labute approximate surface area is 120 Å². The lowest BCUT2D eigenvalue weighted by Gasteiger charge is -2.10. The van der Waals surface area contributed by atoms with Gasteiger partial charge in [-0.25, -0.2) is 0 Å². The third-order valence-corrected chi connectivity index (χ3v) is 2.93. The molecule has 0 aliphatic heterocycles. The molecule has 0 bridgehead atoms. The molecule has 6 nitrogen and oxygen atoms in total. The van der Waals surface area contributed by atoms with Gasteiger partial charge in [0.1, 0.15) is 18.0 Å². The molecule has 104 valence electrons. The van der Waals surface area contributed by atoms with Gasteiger partial charge in [0.05, 0.1) is 4.92 Å². The minimum Gasteiger partial charge on any atom is -0.489 e. The number of hydrogen-bond donors (Lipinski definition) is 2. The Morgan fingerprint density at radius 2 is 1.95 bits per heavy atom. The molecule has 0 aliphatic carbocycles. The van der Waals surface area contributed by atoms with Crippen LogP contribution in [0.1, 0.15) is 5.56 Å². The Balaban J connectivity index is 2.19. The summed E-state index contributed by atoms with van der Waals surface area (Å²) in [6.45, 7) is 0.156. The number of hydrazine groups is 1. The molecule has 7 heteroatoms. The number of nitrogens with zero attached hydrogens (tertiary/aromatic N) is 1. The van der Waals surface area contributed by atoms with Crippen molar-refractivity contribution in [3.63, 3.8) is 0 Å². The van der Waals surface area contributed by atoms with Gasteiger partial charge in [-0.2, -0.15) is 0 Å². The van der Waals surface area contributed by atoms with E-state index in [0.717, 1.165) is 0 Å². The number of nitrogen functional groups attached to an aromatic ring is 1. The Morgan fingerprint density at radius 1 is 1.25 bits per heavy atom. The van der Waals surface area contributed by atoms with Crippen LogP contribution in [0.15, 0.2) is 42.5 Å².